The number of amides is 1. The fourth-order valence-electron chi connectivity index (χ4n) is 3.40. The van der Waals surface area contributed by atoms with Crippen LogP contribution in [0.2, 0.25) is 0 Å². The molecule has 134 valence electrons. The third kappa shape index (κ3) is 4.47. The average Bonchev–Trinajstić information content (AvgIpc) is 2.70. The van der Waals surface area contributed by atoms with Crippen LogP contribution >= 0.6 is 0 Å². The highest BCUT2D eigenvalue weighted by Gasteiger charge is 2.27. The maximum absolute atomic E-state index is 13.1. The van der Waals surface area contributed by atoms with Crippen LogP contribution in [-0.4, -0.2) is 53.4 Å². The summed E-state index contributed by atoms with van der Waals surface area (Å²) >= 11 is 0. The molecule has 0 N–H and O–H groups in total. The summed E-state index contributed by atoms with van der Waals surface area (Å²) in [5, 5.41) is 8.90. The molecule has 0 aliphatic carbocycles. The molecule has 1 saturated heterocycles. The van der Waals surface area contributed by atoms with Crippen molar-refractivity contribution in [3.8, 4) is 6.07 Å². The van der Waals surface area contributed by atoms with Crippen LogP contribution in [-0.2, 0) is 6.42 Å². The van der Waals surface area contributed by atoms with Crippen LogP contribution in [0.3, 0.4) is 0 Å². The minimum absolute atomic E-state index is 0.00692. The van der Waals surface area contributed by atoms with Crippen molar-refractivity contribution in [2.75, 3.05) is 26.7 Å². The maximum atomic E-state index is 13.1. The van der Waals surface area contributed by atoms with Gasteiger partial charge in [0.2, 0.25) is 0 Å². The lowest BCUT2D eigenvalue weighted by Gasteiger charge is -2.37. The third-order valence-corrected chi connectivity index (χ3v) is 5.00. The maximum Gasteiger partial charge on any atom is 0.255 e. The second-order valence-electron chi connectivity index (χ2n) is 6.81. The van der Waals surface area contributed by atoms with Crippen LogP contribution in [0.15, 0.2) is 48.7 Å². The Morgan fingerprint density at radius 1 is 1.23 bits per heavy atom. The Morgan fingerprint density at radius 2 is 1.96 bits per heavy atom. The van der Waals surface area contributed by atoms with Crippen LogP contribution in [0.25, 0.3) is 0 Å². The van der Waals surface area contributed by atoms with Crippen LogP contribution in [0.4, 0.5) is 0 Å². The van der Waals surface area contributed by atoms with E-state index >= 15 is 0 Å². The number of benzene rings is 1. The van der Waals surface area contributed by atoms with Gasteiger partial charge in [0.05, 0.1) is 5.56 Å². The second-order valence-corrected chi connectivity index (χ2v) is 6.81. The van der Waals surface area contributed by atoms with Gasteiger partial charge in [-0.3, -0.25) is 4.79 Å². The molecule has 1 amide bonds. The number of aromatic nitrogens is 1. The Balaban J connectivity index is 1.76. The molecule has 0 unspecified atom stereocenters. The summed E-state index contributed by atoms with van der Waals surface area (Å²) in [6.07, 6.45) is 4.33. The Bertz CT molecular complexity index is 759. The summed E-state index contributed by atoms with van der Waals surface area (Å²) in [6.45, 7) is 2.70. The number of nitrogens with zero attached hydrogens (tertiary/aromatic N) is 4. The van der Waals surface area contributed by atoms with Crippen LogP contribution in [0.1, 0.15) is 34.5 Å². The Kier molecular flexibility index (Phi) is 5.98. The molecule has 0 atom stereocenters. The summed E-state index contributed by atoms with van der Waals surface area (Å²) < 4.78 is 0. The molecule has 0 spiro atoms. The zero-order valence-corrected chi connectivity index (χ0v) is 15.1. The van der Waals surface area contributed by atoms with Gasteiger partial charge < -0.3 is 9.80 Å². The van der Waals surface area contributed by atoms with Crippen LogP contribution in [0, 0.1) is 11.3 Å². The summed E-state index contributed by atoms with van der Waals surface area (Å²) in [5.41, 5.74) is 2.11. The number of nitriles is 1. The molecule has 1 aliphatic heterocycles. The normalized spacial score (nSPS) is 15.4. The first-order chi connectivity index (χ1) is 12.7. The van der Waals surface area contributed by atoms with Crippen molar-refractivity contribution < 1.29 is 4.79 Å². The summed E-state index contributed by atoms with van der Waals surface area (Å²) in [6, 6.07) is 15.8. The fourth-order valence-corrected chi connectivity index (χ4v) is 3.40. The zero-order chi connectivity index (χ0) is 18.4. The summed E-state index contributed by atoms with van der Waals surface area (Å²) in [4.78, 5) is 21.5. The van der Waals surface area contributed by atoms with Crippen LogP contribution < -0.4 is 0 Å². The van der Waals surface area contributed by atoms with Crippen molar-refractivity contribution in [3.63, 3.8) is 0 Å². The smallest absolute Gasteiger partial charge is 0.255 e. The molecule has 26 heavy (non-hydrogen) atoms. The SMILES string of the molecule is CN1CCC(N(CCc2ccccc2)C(=O)c2ccc(C#N)nc2)CC1. The highest BCUT2D eigenvalue weighted by molar-refractivity contribution is 5.94. The number of carbonyl (C=O) groups is 1. The highest BCUT2D eigenvalue weighted by Crippen LogP contribution is 2.19. The van der Waals surface area contributed by atoms with Crippen molar-refractivity contribution in [1.82, 2.24) is 14.8 Å². The van der Waals surface area contributed by atoms with Crippen molar-refractivity contribution in [2.24, 2.45) is 0 Å². The molecule has 1 aromatic carbocycles. The molecule has 3 rings (SSSR count). The zero-order valence-electron chi connectivity index (χ0n) is 15.1. The van der Waals surface area contributed by atoms with Crippen molar-refractivity contribution in [3.05, 3.63) is 65.5 Å². The van der Waals surface area contributed by atoms with E-state index in [1.165, 1.54) is 11.8 Å². The van der Waals surface area contributed by atoms with E-state index in [4.69, 9.17) is 5.26 Å². The molecule has 0 bridgehead atoms. The number of rotatable bonds is 5. The van der Waals surface area contributed by atoms with E-state index in [-0.39, 0.29) is 11.9 Å². The Morgan fingerprint density at radius 3 is 2.58 bits per heavy atom. The van der Waals surface area contributed by atoms with Gasteiger partial charge in [-0.05, 0) is 57.1 Å². The predicted molar refractivity (Wildman–Crippen MR) is 101 cm³/mol. The number of likely N-dealkylation sites (tertiary alicyclic amines) is 1. The number of pyridine rings is 1. The van der Waals surface area contributed by atoms with Gasteiger partial charge in [0.15, 0.2) is 0 Å². The molecule has 5 heteroatoms. The fraction of sp³-hybridized carbons (Fsp3) is 0.381. The number of hydrogen-bond acceptors (Lipinski definition) is 4. The number of piperidine rings is 1. The van der Waals surface area contributed by atoms with Crippen molar-refractivity contribution in [2.45, 2.75) is 25.3 Å². The van der Waals surface area contributed by atoms with E-state index in [0.717, 1.165) is 32.4 Å². The van der Waals surface area contributed by atoms with Crippen molar-refractivity contribution in [1.29, 1.82) is 5.26 Å². The van der Waals surface area contributed by atoms with Gasteiger partial charge in [0, 0.05) is 18.8 Å². The van der Waals surface area contributed by atoms with Gasteiger partial charge in [0.25, 0.3) is 5.91 Å². The molecular formula is C21H24N4O. The topological polar surface area (TPSA) is 60.2 Å². The largest absolute Gasteiger partial charge is 0.335 e. The first-order valence-corrected chi connectivity index (χ1v) is 9.07. The number of carbonyl (C=O) groups excluding carboxylic acids is 1. The predicted octanol–water partition coefficient (Wildman–Crippen LogP) is 2.73. The minimum Gasteiger partial charge on any atom is -0.335 e. The minimum atomic E-state index is 0.00692. The lowest BCUT2D eigenvalue weighted by Crippen LogP contribution is -2.47. The standard InChI is InChI=1S/C21H24N4O/c1-24-12-10-20(11-13-24)25(14-9-17-5-3-2-4-6-17)21(26)18-7-8-19(15-22)23-16-18/h2-8,16,20H,9-14H2,1H3. The monoisotopic (exact) mass is 348 g/mol. The van der Waals surface area contributed by atoms with Crippen LogP contribution in [0.5, 0.6) is 0 Å². The first kappa shape index (κ1) is 18.1. The second kappa shape index (κ2) is 8.59. The first-order valence-electron chi connectivity index (χ1n) is 9.07. The molecule has 0 saturated carbocycles. The average molecular weight is 348 g/mol. The van der Waals surface area contributed by atoms with Crippen molar-refractivity contribution >= 4 is 5.91 Å². The van der Waals surface area contributed by atoms with E-state index in [1.54, 1.807) is 12.1 Å². The molecule has 1 aliphatic rings. The van der Waals surface area contributed by atoms with E-state index in [0.29, 0.717) is 17.8 Å². The lowest BCUT2D eigenvalue weighted by molar-refractivity contribution is 0.0594. The molecule has 2 heterocycles. The van der Waals surface area contributed by atoms with Gasteiger partial charge in [-0.2, -0.15) is 5.26 Å². The van der Waals surface area contributed by atoms with Gasteiger partial charge in [-0.25, -0.2) is 4.98 Å². The molecule has 1 fully saturated rings. The number of hydrogen-bond donors (Lipinski definition) is 0. The summed E-state index contributed by atoms with van der Waals surface area (Å²) in [5.74, 6) is 0.00692. The molecule has 1 aromatic heterocycles. The van der Waals surface area contributed by atoms with E-state index < -0.39 is 0 Å². The van der Waals surface area contributed by atoms with E-state index in [9.17, 15) is 4.79 Å². The van der Waals surface area contributed by atoms with Gasteiger partial charge in [-0.1, -0.05) is 30.3 Å². The molecule has 5 nitrogen and oxygen atoms in total. The van der Waals surface area contributed by atoms with Gasteiger partial charge in [0.1, 0.15) is 11.8 Å². The Hall–Kier alpha value is -2.71. The molecule has 0 radical (unpaired) electrons. The van der Waals surface area contributed by atoms with Gasteiger partial charge >= 0.3 is 0 Å². The third-order valence-electron chi connectivity index (χ3n) is 5.00. The van der Waals surface area contributed by atoms with Gasteiger partial charge in [-0.15, -0.1) is 0 Å². The van der Waals surface area contributed by atoms with E-state index in [2.05, 4.69) is 29.1 Å². The van der Waals surface area contributed by atoms with E-state index in [1.807, 2.05) is 29.2 Å². The Labute approximate surface area is 154 Å². The lowest BCUT2D eigenvalue weighted by atomic mass is 10.0. The molecule has 2 aromatic rings. The highest BCUT2D eigenvalue weighted by atomic mass is 16.2. The molecular weight excluding hydrogens is 324 g/mol. The summed E-state index contributed by atoms with van der Waals surface area (Å²) in [7, 11) is 2.12. The quantitative estimate of drug-likeness (QED) is 0.834.